The molecular formula is C21H40O4Si. The Morgan fingerprint density at radius 1 is 0.885 bits per heavy atom. The van der Waals surface area contributed by atoms with Gasteiger partial charge in [0.2, 0.25) is 0 Å². The fraction of sp³-hybridized carbons (Fsp3) is 0.810. The Labute approximate surface area is 161 Å². The molecule has 0 aromatic rings. The quantitative estimate of drug-likeness (QED) is 0.176. The van der Waals surface area contributed by atoms with Crippen molar-refractivity contribution in [2.24, 2.45) is 17.8 Å². The Morgan fingerprint density at radius 3 is 1.73 bits per heavy atom. The SMILES string of the molecule is C=C(C)C(=O)OCCCCC(=O)O[Si](CC(C)C)(CC(C)C)CC(C)C. The third-order valence-corrected chi connectivity index (χ3v) is 9.37. The molecule has 0 unspecified atom stereocenters. The van der Waals surface area contributed by atoms with E-state index in [2.05, 4.69) is 48.1 Å². The summed E-state index contributed by atoms with van der Waals surface area (Å²) >= 11 is 0. The standard InChI is InChI=1S/C21H40O4Si/c1-16(2)13-26(14-17(3)4,15-18(5)6)25-20(22)11-9-10-12-24-21(23)19(7)8/h16-18H,7,9-15H2,1-6,8H3. The molecule has 0 atom stereocenters. The average Bonchev–Trinajstić information content (AvgIpc) is 2.43. The van der Waals surface area contributed by atoms with E-state index in [9.17, 15) is 9.59 Å². The molecule has 0 aliphatic heterocycles. The molecule has 4 nitrogen and oxygen atoms in total. The van der Waals surface area contributed by atoms with Crippen LogP contribution in [0.15, 0.2) is 12.2 Å². The third kappa shape index (κ3) is 11.5. The Bertz CT molecular complexity index is 428. The van der Waals surface area contributed by atoms with Gasteiger partial charge in [-0.15, -0.1) is 0 Å². The van der Waals surface area contributed by atoms with Crippen LogP contribution in [-0.2, 0) is 18.8 Å². The van der Waals surface area contributed by atoms with Crippen molar-refractivity contribution in [3.8, 4) is 0 Å². The van der Waals surface area contributed by atoms with Crippen LogP contribution in [0.2, 0.25) is 18.1 Å². The molecule has 0 aliphatic rings. The first-order valence-corrected chi connectivity index (χ1v) is 12.5. The fourth-order valence-electron chi connectivity index (χ4n) is 3.56. The van der Waals surface area contributed by atoms with E-state index < -0.39 is 8.32 Å². The topological polar surface area (TPSA) is 52.6 Å². The van der Waals surface area contributed by atoms with Crippen LogP contribution in [0.3, 0.4) is 0 Å². The van der Waals surface area contributed by atoms with E-state index in [0.29, 0.717) is 49.2 Å². The van der Waals surface area contributed by atoms with Gasteiger partial charge >= 0.3 is 5.97 Å². The second-order valence-electron chi connectivity index (χ2n) is 8.82. The molecule has 5 heteroatoms. The van der Waals surface area contributed by atoms with Crippen molar-refractivity contribution >= 4 is 20.3 Å². The van der Waals surface area contributed by atoms with Gasteiger partial charge in [-0.3, -0.25) is 4.79 Å². The van der Waals surface area contributed by atoms with Crippen LogP contribution in [0.4, 0.5) is 0 Å². The van der Waals surface area contributed by atoms with Gasteiger partial charge in [0.05, 0.1) is 6.61 Å². The normalized spacial score (nSPS) is 11.9. The smallest absolute Gasteiger partial charge is 0.333 e. The monoisotopic (exact) mass is 384 g/mol. The van der Waals surface area contributed by atoms with E-state index in [0.717, 1.165) is 18.1 Å². The molecule has 0 saturated heterocycles. The summed E-state index contributed by atoms with van der Waals surface area (Å²) in [6.45, 7) is 18.8. The minimum absolute atomic E-state index is 0.0788. The molecule has 0 N–H and O–H groups in total. The van der Waals surface area contributed by atoms with Gasteiger partial charge < -0.3 is 9.16 Å². The van der Waals surface area contributed by atoms with Gasteiger partial charge in [0.1, 0.15) is 0 Å². The number of hydrogen-bond acceptors (Lipinski definition) is 4. The summed E-state index contributed by atoms with van der Waals surface area (Å²) in [5.41, 5.74) is 0.399. The number of carbonyl (C=O) groups excluding carboxylic acids is 2. The van der Waals surface area contributed by atoms with Crippen LogP contribution in [0.25, 0.3) is 0 Å². The minimum Gasteiger partial charge on any atom is -0.519 e. The second kappa shape index (κ2) is 12.3. The van der Waals surface area contributed by atoms with Gasteiger partial charge in [-0.1, -0.05) is 48.1 Å². The zero-order valence-electron chi connectivity index (χ0n) is 18.0. The number of esters is 1. The minimum atomic E-state index is -2.10. The highest BCUT2D eigenvalue weighted by molar-refractivity contribution is 6.75. The summed E-state index contributed by atoms with van der Waals surface area (Å²) in [7, 11) is -2.10. The second-order valence-corrected chi connectivity index (χ2v) is 12.6. The summed E-state index contributed by atoms with van der Waals surface area (Å²) in [5.74, 6) is 1.16. The average molecular weight is 385 g/mol. The molecule has 152 valence electrons. The number of hydrogen-bond donors (Lipinski definition) is 0. The summed E-state index contributed by atoms with van der Waals surface area (Å²) in [5, 5.41) is 0. The van der Waals surface area contributed by atoms with Crippen molar-refractivity contribution in [1.82, 2.24) is 0 Å². The highest BCUT2D eigenvalue weighted by Crippen LogP contribution is 2.33. The third-order valence-electron chi connectivity index (χ3n) is 4.03. The van der Waals surface area contributed by atoms with Crippen LogP contribution in [0, 0.1) is 17.8 Å². The lowest BCUT2D eigenvalue weighted by atomic mass is 10.2. The lowest BCUT2D eigenvalue weighted by Gasteiger charge is -2.35. The summed E-state index contributed by atoms with van der Waals surface area (Å²) in [4.78, 5) is 23.8. The van der Waals surface area contributed by atoms with Gasteiger partial charge in [0, 0.05) is 12.0 Å². The Balaban J connectivity index is 4.64. The van der Waals surface area contributed by atoms with Crippen LogP contribution < -0.4 is 0 Å². The van der Waals surface area contributed by atoms with E-state index in [1.54, 1.807) is 6.92 Å². The fourth-order valence-corrected chi connectivity index (χ4v) is 9.36. The molecule has 0 aromatic carbocycles. The molecular weight excluding hydrogens is 344 g/mol. The highest BCUT2D eigenvalue weighted by Gasteiger charge is 2.40. The van der Waals surface area contributed by atoms with Crippen LogP contribution in [0.5, 0.6) is 0 Å². The predicted octanol–water partition coefficient (Wildman–Crippen LogP) is 5.73. The Morgan fingerprint density at radius 2 is 1.35 bits per heavy atom. The Hall–Kier alpha value is -1.10. The zero-order valence-corrected chi connectivity index (χ0v) is 19.0. The van der Waals surface area contributed by atoms with Crippen LogP contribution >= 0.6 is 0 Å². The molecule has 0 saturated carbocycles. The molecule has 0 rings (SSSR count). The van der Waals surface area contributed by atoms with E-state index in [4.69, 9.17) is 9.16 Å². The van der Waals surface area contributed by atoms with Crippen LogP contribution in [-0.4, -0.2) is 26.9 Å². The molecule has 26 heavy (non-hydrogen) atoms. The van der Waals surface area contributed by atoms with Gasteiger partial charge in [0.25, 0.3) is 14.3 Å². The molecule has 0 amide bonds. The van der Waals surface area contributed by atoms with Gasteiger partial charge in [0.15, 0.2) is 0 Å². The molecule has 0 heterocycles. The van der Waals surface area contributed by atoms with E-state index in [-0.39, 0.29) is 11.9 Å². The van der Waals surface area contributed by atoms with Crippen molar-refractivity contribution < 1.29 is 18.8 Å². The number of carbonyl (C=O) groups is 2. The molecule has 0 fully saturated rings. The van der Waals surface area contributed by atoms with Crippen molar-refractivity contribution in [3.05, 3.63) is 12.2 Å². The van der Waals surface area contributed by atoms with E-state index in [1.165, 1.54) is 0 Å². The number of ether oxygens (including phenoxy) is 1. The number of unbranched alkanes of at least 4 members (excludes halogenated alkanes) is 1. The number of rotatable bonds is 13. The summed E-state index contributed by atoms with van der Waals surface area (Å²) < 4.78 is 11.3. The first-order chi connectivity index (χ1) is 12.0. The summed E-state index contributed by atoms with van der Waals surface area (Å²) in [6, 6.07) is 3.10. The maximum atomic E-state index is 12.5. The first-order valence-electron chi connectivity index (χ1n) is 10.0. The lowest BCUT2D eigenvalue weighted by Crippen LogP contribution is -2.44. The van der Waals surface area contributed by atoms with Crippen molar-refractivity contribution in [1.29, 1.82) is 0 Å². The van der Waals surface area contributed by atoms with E-state index >= 15 is 0 Å². The molecule has 0 aromatic heterocycles. The maximum Gasteiger partial charge on any atom is 0.333 e. The molecule has 0 aliphatic carbocycles. The van der Waals surface area contributed by atoms with Gasteiger partial charge in [-0.2, -0.15) is 0 Å². The Kier molecular flexibility index (Phi) is 11.8. The van der Waals surface area contributed by atoms with Gasteiger partial charge in [-0.05, 0) is 55.7 Å². The maximum absolute atomic E-state index is 12.5. The molecule has 0 radical (unpaired) electrons. The van der Waals surface area contributed by atoms with Crippen molar-refractivity contribution in [3.63, 3.8) is 0 Å². The van der Waals surface area contributed by atoms with Crippen molar-refractivity contribution in [2.75, 3.05) is 6.61 Å². The largest absolute Gasteiger partial charge is 0.519 e. The van der Waals surface area contributed by atoms with Gasteiger partial charge in [-0.25, -0.2) is 4.79 Å². The molecule has 0 spiro atoms. The van der Waals surface area contributed by atoms with Crippen molar-refractivity contribution in [2.45, 2.75) is 85.9 Å². The molecule has 0 bridgehead atoms. The first kappa shape index (κ1) is 24.9. The predicted molar refractivity (Wildman–Crippen MR) is 110 cm³/mol. The summed E-state index contributed by atoms with van der Waals surface area (Å²) in [6.07, 6.45) is 1.74. The van der Waals surface area contributed by atoms with E-state index in [1.807, 2.05) is 0 Å². The van der Waals surface area contributed by atoms with Crippen LogP contribution in [0.1, 0.15) is 67.7 Å². The highest BCUT2D eigenvalue weighted by atomic mass is 28.4. The lowest BCUT2D eigenvalue weighted by molar-refractivity contribution is -0.139. The zero-order chi connectivity index (χ0) is 20.3.